The number of anilines is 1. The standard InChI is InChI=1S/C13H15NO3/c1-2-9-10(13(16)17)5-3-6-11(9)14-8-4-7-12(14)15/h3,5-6H,2,4,7-8H2,1H3,(H,16,17). The number of carboxylic acid groups (broad SMARTS) is 1. The molecule has 1 amide bonds. The van der Waals surface area contributed by atoms with Gasteiger partial charge < -0.3 is 10.0 Å². The Morgan fingerprint density at radius 3 is 2.76 bits per heavy atom. The average Bonchev–Trinajstić information content (AvgIpc) is 2.74. The van der Waals surface area contributed by atoms with E-state index in [1.54, 1.807) is 17.0 Å². The van der Waals surface area contributed by atoms with Crippen LogP contribution in [0, 0.1) is 0 Å². The molecule has 0 aliphatic carbocycles. The summed E-state index contributed by atoms with van der Waals surface area (Å²) in [5.41, 5.74) is 1.80. The van der Waals surface area contributed by atoms with E-state index in [-0.39, 0.29) is 5.91 Å². The van der Waals surface area contributed by atoms with Gasteiger partial charge in [0.25, 0.3) is 0 Å². The number of nitrogens with zero attached hydrogens (tertiary/aromatic N) is 1. The van der Waals surface area contributed by atoms with Crippen LogP contribution in [0.2, 0.25) is 0 Å². The van der Waals surface area contributed by atoms with Gasteiger partial charge in [-0.05, 0) is 30.5 Å². The summed E-state index contributed by atoms with van der Waals surface area (Å²) in [6.45, 7) is 2.60. The number of aromatic carboxylic acids is 1. The first-order chi connectivity index (χ1) is 8.15. The van der Waals surface area contributed by atoms with Gasteiger partial charge in [0.05, 0.1) is 5.56 Å². The minimum absolute atomic E-state index is 0.0854. The van der Waals surface area contributed by atoms with E-state index in [0.29, 0.717) is 24.9 Å². The van der Waals surface area contributed by atoms with Crippen LogP contribution in [-0.4, -0.2) is 23.5 Å². The van der Waals surface area contributed by atoms with Gasteiger partial charge in [-0.2, -0.15) is 0 Å². The Balaban J connectivity index is 2.50. The number of carboxylic acids is 1. The Morgan fingerprint density at radius 1 is 1.47 bits per heavy atom. The Morgan fingerprint density at radius 2 is 2.24 bits per heavy atom. The molecule has 1 aromatic carbocycles. The molecule has 0 spiro atoms. The van der Waals surface area contributed by atoms with Crippen molar-refractivity contribution in [2.24, 2.45) is 0 Å². The fraction of sp³-hybridized carbons (Fsp3) is 0.385. The van der Waals surface area contributed by atoms with Gasteiger partial charge in [0.1, 0.15) is 0 Å². The summed E-state index contributed by atoms with van der Waals surface area (Å²) in [6, 6.07) is 5.11. The van der Waals surface area contributed by atoms with E-state index in [2.05, 4.69) is 0 Å². The van der Waals surface area contributed by atoms with Crippen molar-refractivity contribution in [2.75, 3.05) is 11.4 Å². The summed E-state index contributed by atoms with van der Waals surface area (Å²) in [5.74, 6) is -0.849. The lowest BCUT2D eigenvalue weighted by atomic mass is 10.0. The normalized spacial score (nSPS) is 15.4. The number of hydrogen-bond acceptors (Lipinski definition) is 2. The third-order valence-electron chi connectivity index (χ3n) is 3.10. The van der Waals surface area contributed by atoms with Gasteiger partial charge in [0, 0.05) is 18.7 Å². The maximum atomic E-state index is 11.7. The molecule has 17 heavy (non-hydrogen) atoms. The number of benzene rings is 1. The van der Waals surface area contributed by atoms with E-state index < -0.39 is 5.97 Å². The molecule has 1 aliphatic heterocycles. The highest BCUT2D eigenvalue weighted by atomic mass is 16.4. The van der Waals surface area contributed by atoms with Gasteiger partial charge in [-0.3, -0.25) is 4.79 Å². The molecule has 4 heteroatoms. The van der Waals surface area contributed by atoms with Crippen LogP contribution in [-0.2, 0) is 11.2 Å². The third-order valence-corrected chi connectivity index (χ3v) is 3.10. The van der Waals surface area contributed by atoms with E-state index >= 15 is 0 Å². The Kier molecular flexibility index (Phi) is 3.13. The second kappa shape index (κ2) is 4.57. The van der Waals surface area contributed by atoms with Crippen molar-refractivity contribution < 1.29 is 14.7 Å². The van der Waals surface area contributed by atoms with Gasteiger partial charge in [-0.1, -0.05) is 13.0 Å². The summed E-state index contributed by atoms with van der Waals surface area (Å²) >= 11 is 0. The molecular formula is C13H15NO3. The van der Waals surface area contributed by atoms with Crippen LogP contribution in [0.4, 0.5) is 5.69 Å². The largest absolute Gasteiger partial charge is 0.478 e. The lowest BCUT2D eigenvalue weighted by molar-refractivity contribution is -0.117. The van der Waals surface area contributed by atoms with Gasteiger partial charge >= 0.3 is 5.97 Å². The summed E-state index contributed by atoms with van der Waals surface area (Å²) in [7, 11) is 0. The predicted molar refractivity (Wildman–Crippen MR) is 64.4 cm³/mol. The van der Waals surface area contributed by atoms with E-state index in [9.17, 15) is 9.59 Å². The molecule has 1 saturated heterocycles. The zero-order chi connectivity index (χ0) is 12.4. The number of carbonyl (C=O) groups excluding carboxylic acids is 1. The van der Waals surface area contributed by atoms with E-state index in [0.717, 1.165) is 17.7 Å². The second-order valence-corrected chi connectivity index (χ2v) is 4.11. The molecule has 0 aromatic heterocycles. The van der Waals surface area contributed by atoms with E-state index in [1.165, 1.54) is 0 Å². The fourth-order valence-corrected chi connectivity index (χ4v) is 2.30. The Hall–Kier alpha value is -1.84. The lowest BCUT2D eigenvalue weighted by Crippen LogP contribution is -2.25. The van der Waals surface area contributed by atoms with Crippen molar-refractivity contribution in [3.63, 3.8) is 0 Å². The van der Waals surface area contributed by atoms with Crippen molar-refractivity contribution in [3.8, 4) is 0 Å². The Bertz CT molecular complexity index is 468. The number of carbonyl (C=O) groups is 2. The van der Waals surface area contributed by atoms with Gasteiger partial charge in [0.15, 0.2) is 0 Å². The SMILES string of the molecule is CCc1c(C(=O)O)cccc1N1CCCC1=O. The molecule has 1 heterocycles. The molecule has 4 nitrogen and oxygen atoms in total. The number of amides is 1. The van der Waals surface area contributed by atoms with Crippen molar-refractivity contribution in [1.29, 1.82) is 0 Å². The summed E-state index contributed by atoms with van der Waals surface area (Å²) < 4.78 is 0. The van der Waals surface area contributed by atoms with Crippen molar-refractivity contribution in [1.82, 2.24) is 0 Å². The highest BCUT2D eigenvalue weighted by molar-refractivity contribution is 5.99. The van der Waals surface area contributed by atoms with Crippen LogP contribution in [0.1, 0.15) is 35.7 Å². The smallest absolute Gasteiger partial charge is 0.336 e. The molecule has 0 atom stereocenters. The average molecular weight is 233 g/mol. The van der Waals surface area contributed by atoms with Crippen LogP contribution in [0.3, 0.4) is 0 Å². The van der Waals surface area contributed by atoms with Crippen LogP contribution >= 0.6 is 0 Å². The van der Waals surface area contributed by atoms with Gasteiger partial charge in [0.2, 0.25) is 5.91 Å². The molecule has 0 radical (unpaired) electrons. The summed E-state index contributed by atoms with van der Waals surface area (Å²) in [4.78, 5) is 24.5. The van der Waals surface area contributed by atoms with Crippen LogP contribution < -0.4 is 4.90 Å². The Labute approximate surface area is 99.9 Å². The van der Waals surface area contributed by atoms with Crippen molar-refractivity contribution >= 4 is 17.6 Å². The molecular weight excluding hydrogens is 218 g/mol. The number of hydrogen-bond donors (Lipinski definition) is 1. The lowest BCUT2D eigenvalue weighted by Gasteiger charge is -2.20. The van der Waals surface area contributed by atoms with Crippen molar-refractivity contribution in [2.45, 2.75) is 26.2 Å². The zero-order valence-corrected chi connectivity index (χ0v) is 9.77. The molecule has 1 aromatic rings. The zero-order valence-electron chi connectivity index (χ0n) is 9.77. The monoisotopic (exact) mass is 233 g/mol. The number of rotatable bonds is 3. The minimum atomic E-state index is -0.935. The van der Waals surface area contributed by atoms with Crippen LogP contribution in [0.5, 0.6) is 0 Å². The first kappa shape index (κ1) is 11.6. The highest BCUT2D eigenvalue weighted by Crippen LogP contribution is 2.28. The fourth-order valence-electron chi connectivity index (χ4n) is 2.30. The first-order valence-corrected chi connectivity index (χ1v) is 5.80. The van der Waals surface area contributed by atoms with Crippen LogP contribution in [0.15, 0.2) is 18.2 Å². The van der Waals surface area contributed by atoms with E-state index in [1.807, 2.05) is 13.0 Å². The quantitative estimate of drug-likeness (QED) is 0.869. The van der Waals surface area contributed by atoms with Crippen molar-refractivity contribution in [3.05, 3.63) is 29.3 Å². The summed E-state index contributed by atoms with van der Waals surface area (Å²) in [6.07, 6.45) is 2.02. The molecule has 2 rings (SSSR count). The minimum Gasteiger partial charge on any atom is -0.478 e. The predicted octanol–water partition coefficient (Wildman–Crippen LogP) is 2.07. The molecule has 0 saturated carbocycles. The molecule has 90 valence electrons. The first-order valence-electron chi connectivity index (χ1n) is 5.80. The van der Waals surface area contributed by atoms with E-state index in [4.69, 9.17) is 5.11 Å². The molecule has 1 fully saturated rings. The molecule has 0 bridgehead atoms. The second-order valence-electron chi connectivity index (χ2n) is 4.11. The maximum Gasteiger partial charge on any atom is 0.336 e. The maximum absolute atomic E-state index is 11.7. The molecule has 0 unspecified atom stereocenters. The van der Waals surface area contributed by atoms with Crippen LogP contribution in [0.25, 0.3) is 0 Å². The topological polar surface area (TPSA) is 57.6 Å². The van der Waals surface area contributed by atoms with Gasteiger partial charge in [-0.15, -0.1) is 0 Å². The summed E-state index contributed by atoms with van der Waals surface area (Å²) in [5, 5.41) is 9.13. The third kappa shape index (κ3) is 2.02. The molecule has 1 N–H and O–H groups in total. The van der Waals surface area contributed by atoms with Gasteiger partial charge in [-0.25, -0.2) is 4.79 Å². The highest BCUT2D eigenvalue weighted by Gasteiger charge is 2.25. The molecule has 1 aliphatic rings.